The van der Waals surface area contributed by atoms with Gasteiger partial charge >= 0.3 is 6.18 Å². The van der Waals surface area contributed by atoms with Crippen LogP contribution in [-0.4, -0.2) is 37.6 Å². The first-order valence-corrected chi connectivity index (χ1v) is 11.1. The van der Waals surface area contributed by atoms with Crippen LogP contribution in [0, 0.1) is 0 Å². The van der Waals surface area contributed by atoms with Crippen molar-refractivity contribution in [3.63, 3.8) is 0 Å². The van der Waals surface area contributed by atoms with Crippen molar-refractivity contribution >= 4 is 27.9 Å². The predicted molar refractivity (Wildman–Crippen MR) is 111 cm³/mol. The zero-order valence-corrected chi connectivity index (χ0v) is 17.5. The molecular formula is C21H20F3N3O4S. The van der Waals surface area contributed by atoms with Crippen LogP contribution in [0.4, 0.5) is 13.2 Å². The van der Waals surface area contributed by atoms with Crippen LogP contribution in [0.15, 0.2) is 59.5 Å². The van der Waals surface area contributed by atoms with Crippen molar-refractivity contribution in [3.05, 3.63) is 71.3 Å². The SMILES string of the molecule is O=C(/C=C/c1cccc(C(F)(F)F)c1)NNC(=O)c1cccc(S(=O)(=O)N2CCCC2)c1. The fraction of sp³-hybridized carbons (Fsp3) is 0.238. The van der Waals surface area contributed by atoms with Gasteiger partial charge < -0.3 is 0 Å². The van der Waals surface area contributed by atoms with Gasteiger partial charge in [-0.2, -0.15) is 17.5 Å². The van der Waals surface area contributed by atoms with E-state index >= 15 is 0 Å². The highest BCUT2D eigenvalue weighted by molar-refractivity contribution is 7.89. The number of halogens is 3. The number of sulfonamides is 1. The van der Waals surface area contributed by atoms with Gasteiger partial charge in [-0.25, -0.2) is 8.42 Å². The van der Waals surface area contributed by atoms with E-state index in [1.54, 1.807) is 0 Å². The number of rotatable bonds is 5. The van der Waals surface area contributed by atoms with Crippen LogP contribution in [0.2, 0.25) is 0 Å². The number of nitrogens with zero attached hydrogens (tertiary/aromatic N) is 1. The number of carbonyl (C=O) groups excluding carboxylic acids is 2. The van der Waals surface area contributed by atoms with Gasteiger partial charge in [0.05, 0.1) is 10.5 Å². The topological polar surface area (TPSA) is 95.6 Å². The fourth-order valence-electron chi connectivity index (χ4n) is 3.10. The number of nitrogens with one attached hydrogen (secondary N) is 2. The van der Waals surface area contributed by atoms with Gasteiger partial charge in [-0.3, -0.25) is 20.4 Å². The van der Waals surface area contributed by atoms with Crippen molar-refractivity contribution in [1.82, 2.24) is 15.2 Å². The summed E-state index contributed by atoms with van der Waals surface area (Å²) in [7, 11) is -3.70. The Morgan fingerprint density at radius 1 is 0.969 bits per heavy atom. The Morgan fingerprint density at radius 3 is 2.34 bits per heavy atom. The van der Waals surface area contributed by atoms with E-state index in [1.165, 1.54) is 46.8 Å². The van der Waals surface area contributed by atoms with Crippen LogP contribution in [0.1, 0.15) is 34.3 Å². The number of hydrazine groups is 1. The second kappa shape index (κ2) is 9.53. The quantitative estimate of drug-likeness (QED) is 0.522. The summed E-state index contributed by atoms with van der Waals surface area (Å²) in [5.41, 5.74) is 3.57. The Balaban J connectivity index is 1.61. The maximum Gasteiger partial charge on any atom is 0.416 e. The van der Waals surface area contributed by atoms with E-state index in [-0.39, 0.29) is 16.0 Å². The van der Waals surface area contributed by atoms with Crippen molar-refractivity contribution in [3.8, 4) is 0 Å². The molecule has 2 N–H and O–H groups in total. The lowest BCUT2D eigenvalue weighted by atomic mass is 10.1. The standard InChI is InChI=1S/C21H20F3N3O4S/c22-21(23,24)17-7-3-5-15(13-17)9-10-19(28)25-26-20(29)16-6-4-8-18(14-16)32(30,31)27-11-1-2-12-27/h3-10,13-14H,1-2,11-12H2,(H,25,28)(H,26,29)/b10-9+. The molecule has 3 rings (SSSR count). The smallest absolute Gasteiger partial charge is 0.268 e. The minimum absolute atomic E-state index is 0.0208. The molecule has 7 nitrogen and oxygen atoms in total. The van der Waals surface area contributed by atoms with E-state index in [9.17, 15) is 31.2 Å². The van der Waals surface area contributed by atoms with Gasteiger partial charge in [0, 0.05) is 24.7 Å². The molecule has 0 radical (unpaired) electrons. The first kappa shape index (κ1) is 23.5. The Hall–Kier alpha value is -3.18. The average molecular weight is 467 g/mol. The highest BCUT2D eigenvalue weighted by Crippen LogP contribution is 2.29. The zero-order valence-electron chi connectivity index (χ0n) is 16.7. The van der Waals surface area contributed by atoms with Gasteiger partial charge in [-0.1, -0.05) is 18.2 Å². The van der Waals surface area contributed by atoms with Crippen molar-refractivity contribution in [2.75, 3.05) is 13.1 Å². The monoisotopic (exact) mass is 467 g/mol. The van der Waals surface area contributed by atoms with Crippen molar-refractivity contribution < 1.29 is 31.2 Å². The van der Waals surface area contributed by atoms with Gasteiger partial charge in [0.1, 0.15) is 0 Å². The summed E-state index contributed by atoms with van der Waals surface area (Å²) in [5.74, 6) is -1.53. The molecule has 1 saturated heterocycles. The first-order chi connectivity index (χ1) is 15.1. The van der Waals surface area contributed by atoms with E-state index in [0.29, 0.717) is 13.1 Å². The molecule has 0 bridgehead atoms. The third-order valence-corrected chi connectivity index (χ3v) is 6.63. The van der Waals surface area contributed by atoms with Gasteiger partial charge in [-0.05, 0) is 54.8 Å². The number of hydrogen-bond donors (Lipinski definition) is 2. The minimum Gasteiger partial charge on any atom is -0.268 e. The molecule has 2 aromatic carbocycles. The molecule has 170 valence electrons. The molecule has 0 aliphatic carbocycles. The summed E-state index contributed by atoms with van der Waals surface area (Å²) in [6.07, 6.45) is -0.820. The maximum absolute atomic E-state index is 12.7. The molecule has 1 fully saturated rings. The van der Waals surface area contributed by atoms with Crippen molar-refractivity contribution in [2.45, 2.75) is 23.9 Å². The van der Waals surface area contributed by atoms with E-state index in [4.69, 9.17) is 0 Å². The summed E-state index contributed by atoms with van der Waals surface area (Å²) in [4.78, 5) is 24.2. The Morgan fingerprint density at radius 2 is 1.66 bits per heavy atom. The number of alkyl halides is 3. The highest BCUT2D eigenvalue weighted by Gasteiger charge is 2.30. The van der Waals surface area contributed by atoms with Crippen LogP contribution in [0.3, 0.4) is 0 Å². The molecule has 1 aliphatic rings. The van der Waals surface area contributed by atoms with E-state index in [1.807, 2.05) is 0 Å². The first-order valence-electron chi connectivity index (χ1n) is 9.63. The Labute approximate surface area is 182 Å². The number of hydrogen-bond acceptors (Lipinski definition) is 4. The van der Waals surface area contributed by atoms with Crippen LogP contribution < -0.4 is 10.9 Å². The van der Waals surface area contributed by atoms with Gasteiger partial charge in [0.15, 0.2) is 0 Å². The maximum atomic E-state index is 12.7. The molecule has 32 heavy (non-hydrogen) atoms. The second-order valence-corrected chi connectivity index (χ2v) is 8.98. The summed E-state index contributed by atoms with van der Waals surface area (Å²) in [5, 5.41) is 0. The summed E-state index contributed by atoms with van der Waals surface area (Å²) >= 11 is 0. The van der Waals surface area contributed by atoms with Gasteiger partial charge in [0.25, 0.3) is 11.8 Å². The predicted octanol–water partition coefficient (Wildman–Crippen LogP) is 2.96. The molecule has 2 amide bonds. The van der Waals surface area contributed by atoms with Crippen LogP contribution in [-0.2, 0) is 21.0 Å². The molecular weight excluding hydrogens is 447 g/mol. The molecule has 0 unspecified atom stereocenters. The lowest BCUT2D eigenvalue weighted by Gasteiger charge is -2.16. The highest BCUT2D eigenvalue weighted by atomic mass is 32.2. The molecule has 0 spiro atoms. The number of carbonyl (C=O) groups is 2. The van der Waals surface area contributed by atoms with E-state index in [0.717, 1.165) is 31.1 Å². The average Bonchev–Trinajstić information content (AvgIpc) is 3.31. The van der Waals surface area contributed by atoms with E-state index in [2.05, 4.69) is 10.9 Å². The normalized spacial score (nSPS) is 15.1. The summed E-state index contributed by atoms with van der Waals surface area (Å²) < 4.78 is 64.8. The largest absolute Gasteiger partial charge is 0.416 e. The molecule has 1 heterocycles. The van der Waals surface area contributed by atoms with Gasteiger partial charge in [-0.15, -0.1) is 0 Å². The molecule has 11 heteroatoms. The molecule has 0 atom stereocenters. The van der Waals surface area contributed by atoms with Crippen LogP contribution in [0.25, 0.3) is 6.08 Å². The summed E-state index contributed by atoms with van der Waals surface area (Å²) in [6, 6.07) is 9.82. The second-order valence-electron chi connectivity index (χ2n) is 7.04. The van der Waals surface area contributed by atoms with Crippen molar-refractivity contribution in [2.24, 2.45) is 0 Å². The third kappa shape index (κ3) is 5.74. The third-order valence-electron chi connectivity index (χ3n) is 4.74. The summed E-state index contributed by atoms with van der Waals surface area (Å²) in [6.45, 7) is 0.847. The fourth-order valence-corrected chi connectivity index (χ4v) is 4.66. The zero-order chi connectivity index (χ0) is 23.4. The Kier molecular flexibility index (Phi) is 6.99. The number of amides is 2. The number of benzene rings is 2. The molecule has 2 aromatic rings. The molecule has 1 aliphatic heterocycles. The minimum atomic E-state index is -4.50. The lowest BCUT2D eigenvalue weighted by molar-refractivity contribution is -0.137. The van der Waals surface area contributed by atoms with E-state index < -0.39 is 33.6 Å². The van der Waals surface area contributed by atoms with Crippen LogP contribution >= 0.6 is 0 Å². The molecule has 0 saturated carbocycles. The van der Waals surface area contributed by atoms with Gasteiger partial charge in [0.2, 0.25) is 10.0 Å². The van der Waals surface area contributed by atoms with Crippen LogP contribution in [0.5, 0.6) is 0 Å². The van der Waals surface area contributed by atoms with Crippen molar-refractivity contribution in [1.29, 1.82) is 0 Å². The Bertz CT molecular complexity index is 1140. The molecule has 0 aromatic heterocycles. The lowest BCUT2D eigenvalue weighted by Crippen LogP contribution is -2.40.